The van der Waals surface area contributed by atoms with Gasteiger partial charge in [0.15, 0.2) is 0 Å². The van der Waals surface area contributed by atoms with Crippen molar-refractivity contribution in [3.8, 4) is 0 Å². The molecule has 0 radical (unpaired) electrons. The molecule has 1 aromatic rings. The van der Waals surface area contributed by atoms with E-state index in [1.54, 1.807) is 0 Å². The van der Waals surface area contributed by atoms with Crippen molar-refractivity contribution in [1.29, 1.82) is 0 Å². The summed E-state index contributed by atoms with van der Waals surface area (Å²) in [5.74, 6) is -0.259. The van der Waals surface area contributed by atoms with Gasteiger partial charge in [0.25, 0.3) is 0 Å². The average Bonchev–Trinajstić information content (AvgIpc) is 2.28. The zero-order chi connectivity index (χ0) is 12.3. The topological polar surface area (TPSA) is 46.2 Å². The predicted octanol–water partition coefficient (Wildman–Crippen LogP) is 2.16. The van der Waals surface area contributed by atoms with E-state index in [4.69, 9.17) is 0 Å². The third-order valence-electron chi connectivity index (χ3n) is 3.11. The summed E-state index contributed by atoms with van der Waals surface area (Å²) < 4.78 is 0. The fourth-order valence-corrected chi connectivity index (χ4v) is 2.38. The Balaban J connectivity index is 2.08. The summed E-state index contributed by atoms with van der Waals surface area (Å²) in [5, 5.41) is 2.95. The average molecular weight is 231 g/mol. The van der Waals surface area contributed by atoms with Crippen LogP contribution in [0.25, 0.3) is 0 Å². The Morgan fingerprint density at radius 1 is 1.35 bits per heavy atom. The first kappa shape index (κ1) is 11.8. The number of benzene rings is 1. The summed E-state index contributed by atoms with van der Waals surface area (Å²) in [6, 6.07) is 8.27. The molecule has 1 aliphatic rings. The molecule has 0 heterocycles. The highest BCUT2D eigenvalue weighted by Gasteiger charge is 2.21. The number of aryl methyl sites for hydroxylation is 1. The number of hydrogen-bond donors (Lipinski definition) is 1. The number of nitrogens with one attached hydrogen (secondary N) is 1. The molecule has 0 aliphatic heterocycles. The normalized spacial score (nSPS) is 18.3. The smallest absolute Gasteiger partial charge is 0.227 e. The molecule has 3 nitrogen and oxygen atoms in total. The van der Waals surface area contributed by atoms with Crippen LogP contribution in [0.2, 0.25) is 0 Å². The maximum absolute atomic E-state index is 11.6. The van der Waals surface area contributed by atoms with Gasteiger partial charge >= 0.3 is 0 Å². The number of Topliss-reactive ketones (excluding diaryl/α,β-unsaturated/α-hetero) is 1. The molecule has 2 rings (SSSR count). The number of fused-ring (bicyclic) bond motifs is 1. The van der Waals surface area contributed by atoms with Crippen molar-refractivity contribution in [1.82, 2.24) is 5.32 Å². The predicted molar refractivity (Wildman–Crippen MR) is 65.6 cm³/mol. The van der Waals surface area contributed by atoms with Crippen molar-refractivity contribution < 1.29 is 9.59 Å². The second kappa shape index (κ2) is 5.13. The highest BCUT2D eigenvalue weighted by atomic mass is 16.2. The third kappa shape index (κ3) is 2.93. The highest BCUT2D eigenvalue weighted by Crippen LogP contribution is 2.29. The van der Waals surface area contributed by atoms with E-state index in [-0.39, 0.29) is 24.2 Å². The fourth-order valence-electron chi connectivity index (χ4n) is 2.38. The summed E-state index contributed by atoms with van der Waals surface area (Å²) >= 11 is 0. The Bertz CT molecular complexity index is 440. The van der Waals surface area contributed by atoms with E-state index >= 15 is 0 Å². The molecule has 1 N–H and O–H groups in total. The molecule has 1 aliphatic carbocycles. The maximum Gasteiger partial charge on any atom is 0.227 e. The molecular weight excluding hydrogens is 214 g/mol. The first-order valence-electron chi connectivity index (χ1n) is 6.03. The van der Waals surface area contributed by atoms with Crippen LogP contribution in [0.3, 0.4) is 0 Å². The van der Waals surface area contributed by atoms with Crippen LogP contribution < -0.4 is 5.32 Å². The van der Waals surface area contributed by atoms with Gasteiger partial charge in [0.1, 0.15) is 5.78 Å². The highest BCUT2D eigenvalue weighted by molar-refractivity contribution is 5.96. The lowest BCUT2D eigenvalue weighted by atomic mass is 9.87. The van der Waals surface area contributed by atoms with E-state index in [1.165, 1.54) is 18.1 Å². The van der Waals surface area contributed by atoms with Gasteiger partial charge in [-0.05, 0) is 37.3 Å². The Morgan fingerprint density at radius 3 is 2.88 bits per heavy atom. The summed E-state index contributed by atoms with van der Waals surface area (Å²) in [5.41, 5.74) is 2.52. The lowest BCUT2D eigenvalue weighted by Gasteiger charge is -2.26. The molecule has 90 valence electrons. The number of rotatable bonds is 3. The zero-order valence-corrected chi connectivity index (χ0v) is 10.0. The minimum Gasteiger partial charge on any atom is -0.349 e. The molecule has 1 aromatic carbocycles. The van der Waals surface area contributed by atoms with Gasteiger partial charge in [0.2, 0.25) is 5.91 Å². The number of carbonyl (C=O) groups is 2. The number of ketones is 1. The van der Waals surface area contributed by atoms with Crippen molar-refractivity contribution in [2.75, 3.05) is 0 Å². The summed E-state index contributed by atoms with van der Waals surface area (Å²) in [4.78, 5) is 22.5. The van der Waals surface area contributed by atoms with E-state index in [1.807, 2.05) is 12.1 Å². The quantitative estimate of drug-likeness (QED) is 0.810. The van der Waals surface area contributed by atoms with Crippen LogP contribution in [0, 0.1) is 0 Å². The van der Waals surface area contributed by atoms with E-state index in [0.29, 0.717) is 0 Å². The van der Waals surface area contributed by atoms with E-state index < -0.39 is 0 Å². The number of carbonyl (C=O) groups excluding carboxylic acids is 2. The van der Waals surface area contributed by atoms with Crippen LogP contribution >= 0.6 is 0 Å². The monoisotopic (exact) mass is 231 g/mol. The molecule has 0 saturated heterocycles. The number of hydrogen-bond acceptors (Lipinski definition) is 2. The molecule has 3 heteroatoms. The van der Waals surface area contributed by atoms with Gasteiger partial charge in [0.05, 0.1) is 12.5 Å². The SMILES string of the molecule is CC(=O)CC(=O)N[C@H]1CCCc2ccccc21. The van der Waals surface area contributed by atoms with Crippen molar-refractivity contribution in [3.05, 3.63) is 35.4 Å². The van der Waals surface area contributed by atoms with Crippen LogP contribution in [0.1, 0.15) is 43.4 Å². The van der Waals surface area contributed by atoms with Crippen molar-refractivity contribution in [2.24, 2.45) is 0 Å². The first-order valence-corrected chi connectivity index (χ1v) is 6.03. The Morgan fingerprint density at radius 2 is 2.12 bits per heavy atom. The van der Waals surface area contributed by atoms with Crippen molar-refractivity contribution in [3.63, 3.8) is 0 Å². The van der Waals surface area contributed by atoms with Crippen LogP contribution in [0.5, 0.6) is 0 Å². The van der Waals surface area contributed by atoms with Gasteiger partial charge < -0.3 is 5.32 Å². The summed E-state index contributed by atoms with van der Waals surface area (Å²) in [6.07, 6.45) is 3.11. The van der Waals surface area contributed by atoms with Gasteiger partial charge in [-0.3, -0.25) is 9.59 Å². The lowest BCUT2D eigenvalue weighted by Crippen LogP contribution is -2.31. The first-order chi connectivity index (χ1) is 8.16. The lowest BCUT2D eigenvalue weighted by molar-refractivity contribution is -0.127. The van der Waals surface area contributed by atoms with E-state index in [2.05, 4.69) is 17.4 Å². The Hall–Kier alpha value is -1.64. The molecule has 0 aromatic heterocycles. The molecule has 17 heavy (non-hydrogen) atoms. The van der Waals surface area contributed by atoms with E-state index in [0.717, 1.165) is 19.3 Å². The molecule has 1 atom stereocenters. The summed E-state index contributed by atoms with van der Waals surface area (Å²) in [6.45, 7) is 1.44. The minimum atomic E-state index is -0.167. The van der Waals surface area contributed by atoms with Gasteiger partial charge in [-0.1, -0.05) is 24.3 Å². The van der Waals surface area contributed by atoms with Gasteiger partial charge in [-0.15, -0.1) is 0 Å². The zero-order valence-electron chi connectivity index (χ0n) is 10.0. The Labute approximate surface area is 101 Å². The molecule has 0 spiro atoms. The molecule has 0 bridgehead atoms. The van der Waals surface area contributed by atoms with Gasteiger partial charge in [0, 0.05) is 0 Å². The standard InChI is InChI=1S/C14H17NO2/c1-10(16)9-14(17)15-13-8-4-6-11-5-2-3-7-12(11)13/h2-3,5,7,13H,4,6,8-9H2,1H3,(H,15,17)/t13-/m0/s1. The molecule has 1 amide bonds. The molecule has 0 saturated carbocycles. The second-order valence-electron chi connectivity index (χ2n) is 4.59. The molecular formula is C14H17NO2. The maximum atomic E-state index is 11.6. The van der Waals surface area contributed by atoms with Crippen LogP contribution in [-0.4, -0.2) is 11.7 Å². The van der Waals surface area contributed by atoms with Crippen molar-refractivity contribution in [2.45, 2.75) is 38.6 Å². The largest absolute Gasteiger partial charge is 0.349 e. The van der Waals surface area contributed by atoms with E-state index in [9.17, 15) is 9.59 Å². The van der Waals surface area contributed by atoms with Crippen LogP contribution in [0.4, 0.5) is 0 Å². The molecule has 0 unspecified atom stereocenters. The minimum absolute atomic E-state index is 0.0152. The Kier molecular flexibility index (Phi) is 3.57. The van der Waals surface area contributed by atoms with Gasteiger partial charge in [-0.2, -0.15) is 0 Å². The fraction of sp³-hybridized carbons (Fsp3) is 0.429. The van der Waals surface area contributed by atoms with Crippen molar-refractivity contribution >= 4 is 11.7 Å². The van der Waals surface area contributed by atoms with Crippen LogP contribution in [0.15, 0.2) is 24.3 Å². The summed E-state index contributed by atoms with van der Waals surface area (Å²) in [7, 11) is 0. The molecule has 0 fully saturated rings. The number of amides is 1. The van der Waals surface area contributed by atoms with Crippen LogP contribution in [-0.2, 0) is 16.0 Å². The second-order valence-corrected chi connectivity index (χ2v) is 4.59. The van der Waals surface area contributed by atoms with Gasteiger partial charge in [-0.25, -0.2) is 0 Å². The third-order valence-corrected chi connectivity index (χ3v) is 3.11.